The number of carbonyl (C=O) groups excluding carboxylic acids is 2. The van der Waals surface area contributed by atoms with Crippen LogP contribution in [0.3, 0.4) is 0 Å². The molecule has 0 radical (unpaired) electrons. The van der Waals surface area contributed by atoms with Gasteiger partial charge < -0.3 is 10.2 Å². The van der Waals surface area contributed by atoms with Gasteiger partial charge in [-0.1, -0.05) is 38.1 Å². The van der Waals surface area contributed by atoms with Crippen molar-refractivity contribution in [3.8, 4) is 0 Å². The van der Waals surface area contributed by atoms with Crippen LogP contribution < -0.4 is 5.32 Å². The second kappa shape index (κ2) is 5.51. The molecule has 0 bridgehead atoms. The highest BCUT2D eigenvalue weighted by Gasteiger charge is 2.46. The summed E-state index contributed by atoms with van der Waals surface area (Å²) in [5.41, 5.74) is 1.38. The normalized spacial score (nSPS) is 21.6. The third kappa shape index (κ3) is 2.94. The maximum atomic E-state index is 12.7. The van der Waals surface area contributed by atoms with Crippen molar-refractivity contribution < 1.29 is 9.59 Å². The number of aryl methyl sites for hydroxylation is 1. The van der Waals surface area contributed by atoms with E-state index < -0.39 is 11.6 Å². The standard InChI is InChI=1S/C17H24N2O2/c1-11(2)14-15(20)18-17(4,5)16(21)19(14)10-13-9-7-6-8-12(13)3/h6-9,11,14H,10H2,1-5H3,(H,18,20). The molecule has 2 amide bonds. The summed E-state index contributed by atoms with van der Waals surface area (Å²) in [7, 11) is 0. The minimum absolute atomic E-state index is 0.0240. The molecular formula is C17H24N2O2. The van der Waals surface area contributed by atoms with E-state index in [9.17, 15) is 9.59 Å². The minimum Gasteiger partial charge on any atom is -0.340 e. The third-order valence-corrected chi connectivity index (χ3v) is 4.07. The van der Waals surface area contributed by atoms with Gasteiger partial charge in [0.25, 0.3) is 0 Å². The van der Waals surface area contributed by atoms with E-state index in [0.29, 0.717) is 6.54 Å². The van der Waals surface area contributed by atoms with Crippen LogP contribution in [0.4, 0.5) is 0 Å². The molecule has 114 valence electrons. The molecule has 1 heterocycles. The Bertz CT molecular complexity index is 564. The van der Waals surface area contributed by atoms with Gasteiger partial charge in [-0.15, -0.1) is 0 Å². The van der Waals surface area contributed by atoms with Gasteiger partial charge in [-0.3, -0.25) is 9.59 Å². The van der Waals surface area contributed by atoms with Crippen molar-refractivity contribution in [2.24, 2.45) is 5.92 Å². The second-order valence-electron chi connectivity index (χ2n) is 6.66. The van der Waals surface area contributed by atoms with Crippen LogP contribution in [0.5, 0.6) is 0 Å². The number of amides is 2. The van der Waals surface area contributed by atoms with Gasteiger partial charge in [-0.2, -0.15) is 0 Å². The van der Waals surface area contributed by atoms with E-state index in [1.54, 1.807) is 18.7 Å². The zero-order valence-corrected chi connectivity index (χ0v) is 13.4. The highest BCUT2D eigenvalue weighted by atomic mass is 16.2. The van der Waals surface area contributed by atoms with E-state index in [-0.39, 0.29) is 17.7 Å². The van der Waals surface area contributed by atoms with Crippen LogP contribution in [0.2, 0.25) is 0 Å². The van der Waals surface area contributed by atoms with E-state index in [2.05, 4.69) is 5.32 Å². The van der Waals surface area contributed by atoms with Crippen LogP contribution >= 0.6 is 0 Å². The Balaban J connectivity index is 2.37. The third-order valence-electron chi connectivity index (χ3n) is 4.07. The van der Waals surface area contributed by atoms with Crippen molar-refractivity contribution in [3.63, 3.8) is 0 Å². The van der Waals surface area contributed by atoms with Crippen LogP contribution in [0.25, 0.3) is 0 Å². The molecule has 0 aliphatic carbocycles. The van der Waals surface area contributed by atoms with Crippen molar-refractivity contribution in [1.29, 1.82) is 0 Å². The molecule has 21 heavy (non-hydrogen) atoms. The molecule has 1 atom stereocenters. The van der Waals surface area contributed by atoms with E-state index in [4.69, 9.17) is 0 Å². The molecule has 4 heteroatoms. The Morgan fingerprint density at radius 3 is 2.43 bits per heavy atom. The first kappa shape index (κ1) is 15.5. The van der Waals surface area contributed by atoms with Gasteiger partial charge in [0.1, 0.15) is 11.6 Å². The van der Waals surface area contributed by atoms with E-state index in [1.165, 1.54) is 0 Å². The maximum Gasteiger partial charge on any atom is 0.248 e. The van der Waals surface area contributed by atoms with E-state index >= 15 is 0 Å². The lowest BCUT2D eigenvalue weighted by Gasteiger charge is -2.44. The first-order chi connectivity index (χ1) is 9.74. The number of hydrogen-bond acceptors (Lipinski definition) is 2. The van der Waals surface area contributed by atoms with Gasteiger partial charge in [0.05, 0.1) is 0 Å². The molecule has 1 unspecified atom stereocenters. The molecule has 1 saturated heterocycles. The van der Waals surface area contributed by atoms with Crippen molar-refractivity contribution >= 4 is 11.8 Å². The second-order valence-corrected chi connectivity index (χ2v) is 6.66. The van der Waals surface area contributed by atoms with Crippen molar-refractivity contribution in [2.45, 2.75) is 52.7 Å². The number of carbonyl (C=O) groups is 2. The van der Waals surface area contributed by atoms with E-state index in [1.807, 2.05) is 45.0 Å². The Kier molecular flexibility index (Phi) is 4.08. The fraction of sp³-hybridized carbons (Fsp3) is 0.529. The summed E-state index contributed by atoms with van der Waals surface area (Å²) < 4.78 is 0. The van der Waals surface area contributed by atoms with Crippen molar-refractivity contribution in [1.82, 2.24) is 10.2 Å². The fourth-order valence-corrected chi connectivity index (χ4v) is 2.87. The highest BCUT2D eigenvalue weighted by Crippen LogP contribution is 2.25. The Hall–Kier alpha value is -1.84. The Morgan fingerprint density at radius 1 is 1.24 bits per heavy atom. The minimum atomic E-state index is -0.842. The lowest BCUT2D eigenvalue weighted by molar-refractivity contribution is -0.156. The predicted octanol–water partition coefficient (Wildman–Crippen LogP) is 2.26. The molecule has 0 spiro atoms. The summed E-state index contributed by atoms with van der Waals surface area (Å²) in [5, 5.41) is 2.84. The summed E-state index contributed by atoms with van der Waals surface area (Å²) in [4.78, 5) is 26.8. The quantitative estimate of drug-likeness (QED) is 0.927. The molecular weight excluding hydrogens is 264 g/mol. The number of piperazine rings is 1. The van der Waals surface area contributed by atoms with Crippen LogP contribution in [0.1, 0.15) is 38.8 Å². The average molecular weight is 288 g/mol. The number of hydrogen-bond donors (Lipinski definition) is 1. The summed E-state index contributed by atoms with van der Waals surface area (Å²) in [6.07, 6.45) is 0. The van der Waals surface area contributed by atoms with Gasteiger partial charge in [0.15, 0.2) is 0 Å². The summed E-state index contributed by atoms with van der Waals surface area (Å²) >= 11 is 0. The monoisotopic (exact) mass is 288 g/mol. The number of benzene rings is 1. The lowest BCUT2D eigenvalue weighted by Crippen LogP contribution is -2.68. The molecule has 1 aliphatic heterocycles. The molecule has 0 saturated carbocycles. The van der Waals surface area contributed by atoms with Gasteiger partial charge in [-0.05, 0) is 37.8 Å². The first-order valence-corrected chi connectivity index (χ1v) is 7.41. The van der Waals surface area contributed by atoms with Crippen LogP contribution in [0.15, 0.2) is 24.3 Å². The molecule has 1 fully saturated rings. The van der Waals surface area contributed by atoms with Crippen molar-refractivity contribution in [3.05, 3.63) is 35.4 Å². The topological polar surface area (TPSA) is 49.4 Å². The molecule has 1 aromatic carbocycles. The number of nitrogens with one attached hydrogen (secondary N) is 1. The molecule has 2 rings (SSSR count). The highest BCUT2D eigenvalue weighted by molar-refractivity contribution is 5.99. The fourth-order valence-electron chi connectivity index (χ4n) is 2.87. The Labute approximate surface area is 126 Å². The van der Waals surface area contributed by atoms with Gasteiger partial charge in [0, 0.05) is 6.54 Å². The van der Waals surface area contributed by atoms with Crippen LogP contribution in [-0.2, 0) is 16.1 Å². The molecule has 4 nitrogen and oxygen atoms in total. The SMILES string of the molecule is Cc1ccccc1CN1C(=O)C(C)(C)NC(=O)C1C(C)C. The van der Waals surface area contributed by atoms with Crippen LogP contribution in [-0.4, -0.2) is 28.3 Å². The Morgan fingerprint density at radius 2 is 1.86 bits per heavy atom. The smallest absolute Gasteiger partial charge is 0.248 e. The van der Waals surface area contributed by atoms with Gasteiger partial charge >= 0.3 is 0 Å². The molecule has 1 aliphatic rings. The van der Waals surface area contributed by atoms with Gasteiger partial charge in [0.2, 0.25) is 11.8 Å². The largest absolute Gasteiger partial charge is 0.340 e. The number of rotatable bonds is 3. The van der Waals surface area contributed by atoms with Gasteiger partial charge in [-0.25, -0.2) is 0 Å². The summed E-state index contributed by atoms with van der Waals surface area (Å²) in [6.45, 7) is 9.97. The predicted molar refractivity (Wildman–Crippen MR) is 82.6 cm³/mol. The molecule has 1 N–H and O–H groups in total. The zero-order chi connectivity index (χ0) is 15.8. The molecule has 0 aromatic heterocycles. The molecule has 1 aromatic rings. The van der Waals surface area contributed by atoms with Crippen LogP contribution in [0, 0.1) is 12.8 Å². The summed E-state index contributed by atoms with van der Waals surface area (Å²) in [5.74, 6) is -0.0127. The summed E-state index contributed by atoms with van der Waals surface area (Å²) in [6, 6.07) is 7.57. The van der Waals surface area contributed by atoms with Crippen molar-refractivity contribution in [2.75, 3.05) is 0 Å². The van der Waals surface area contributed by atoms with E-state index in [0.717, 1.165) is 11.1 Å². The first-order valence-electron chi connectivity index (χ1n) is 7.41. The lowest BCUT2D eigenvalue weighted by atomic mass is 9.90. The number of nitrogens with zero attached hydrogens (tertiary/aromatic N) is 1. The maximum absolute atomic E-state index is 12.7. The zero-order valence-electron chi connectivity index (χ0n) is 13.4. The average Bonchev–Trinajstić information content (AvgIpc) is 2.37.